The highest BCUT2D eigenvalue weighted by Gasteiger charge is 2.12. The van der Waals surface area contributed by atoms with E-state index in [9.17, 15) is 9.18 Å². The van der Waals surface area contributed by atoms with E-state index < -0.39 is 5.82 Å². The Morgan fingerprint density at radius 2 is 1.80 bits per heavy atom. The number of nitrogens with one attached hydrogen (secondary N) is 1. The van der Waals surface area contributed by atoms with Gasteiger partial charge in [0.25, 0.3) is 5.91 Å². The van der Waals surface area contributed by atoms with Crippen molar-refractivity contribution in [3.05, 3.63) is 68.4 Å². The van der Waals surface area contributed by atoms with E-state index in [1.165, 1.54) is 12.1 Å². The highest BCUT2D eigenvalue weighted by molar-refractivity contribution is 9.10. The molecular formula is C15H12Br2FNO. The Bertz CT molecular complexity index is 628. The third-order valence-corrected chi connectivity index (χ3v) is 4.07. The lowest BCUT2D eigenvalue weighted by Gasteiger charge is -2.14. The van der Waals surface area contributed by atoms with Crippen LogP contribution in [0.4, 0.5) is 4.39 Å². The van der Waals surface area contributed by atoms with Crippen LogP contribution in [0.3, 0.4) is 0 Å². The molecule has 0 aromatic heterocycles. The maximum atomic E-state index is 13.4. The third-order valence-electron chi connectivity index (χ3n) is 2.90. The molecule has 2 aromatic carbocycles. The van der Waals surface area contributed by atoms with E-state index in [1.807, 2.05) is 31.2 Å². The summed E-state index contributed by atoms with van der Waals surface area (Å²) in [6.45, 7) is 1.89. The van der Waals surface area contributed by atoms with Crippen molar-refractivity contribution in [3.8, 4) is 0 Å². The molecule has 0 saturated heterocycles. The summed E-state index contributed by atoms with van der Waals surface area (Å²) in [7, 11) is 0. The van der Waals surface area contributed by atoms with Gasteiger partial charge in [0.2, 0.25) is 0 Å². The van der Waals surface area contributed by atoms with Gasteiger partial charge in [0.15, 0.2) is 0 Å². The predicted molar refractivity (Wildman–Crippen MR) is 84.1 cm³/mol. The number of rotatable bonds is 3. The van der Waals surface area contributed by atoms with Gasteiger partial charge in [-0.1, -0.05) is 28.1 Å². The van der Waals surface area contributed by atoms with Crippen LogP contribution in [0.2, 0.25) is 0 Å². The van der Waals surface area contributed by atoms with Crippen LogP contribution in [0.5, 0.6) is 0 Å². The molecule has 1 atom stereocenters. The van der Waals surface area contributed by atoms with Crippen molar-refractivity contribution >= 4 is 37.8 Å². The van der Waals surface area contributed by atoms with Crippen LogP contribution < -0.4 is 5.32 Å². The highest BCUT2D eigenvalue weighted by Crippen LogP contribution is 2.19. The van der Waals surface area contributed by atoms with Crippen LogP contribution in [0.25, 0.3) is 0 Å². The molecule has 0 spiro atoms. The Balaban J connectivity index is 2.10. The summed E-state index contributed by atoms with van der Waals surface area (Å²) in [5.74, 6) is -0.749. The standard InChI is InChI=1S/C15H12Br2FNO/c1-9(10-2-5-12(16)6-3-10)19-15(20)11-4-7-13(17)14(18)8-11/h2-9H,1H3,(H,19,20). The quantitative estimate of drug-likeness (QED) is 0.784. The summed E-state index contributed by atoms with van der Waals surface area (Å²) in [4.78, 5) is 12.1. The number of hydrogen-bond donors (Lipinski definition) is 1. The molecule has 0 saturated carbocycles. The first kappa shape index (κ1) is 15.2. The van der Waals surface area contributed by atoms with Gasteiger partial charge in [-0.25, -0.2) is 4.39 Å². The van der Waals surface area contributed by atoms with Gasteiger partial charge in [-0.15, -0.1) is 0 Å². The van der Waals surface area contributed by atoms with Crippen molar-refractivity contribution < 1.29 is 9.18 Å². The molecule has 1 unspecified atom stereocenters. The lowest BCUT2D eigenvalue weighted by molar-refractivity contribution is 0.0939. The maximum Gasteiger partial charge on any atom is 0.251 e. The summed E-state index contributed by atoms with van der Waals surface area (Å²) in [5, 5.41) is 2.84. The van der Waals surface area contributed by atoms with Gasteiger partial charge >= 0.3 is 0 Å². The monoisotopic (exact) mass is 399 g/mol. The highest BCUT2D eigenvalue weighted by atomic mass is 79.9. The lowest BCUT2D eigenvalue weighted by Crippen LogP contribution is -2.26. The molecule has 2 rings (SSSR count). The minimum atomic E-state index is -0.450. The predicted octanol–water partition coefficient (Wildman–Crippen LogP) is 4.84. The van der Waals surface area contributed by atoms with Crippen molar-refractivity contribution in [2.75, 3.05) is 0 Å². The molecule has 5 heteroatoms. The Morgan fingerprint density at radius 3 is 2.40 bits per heavy atom. The minimum absolute atomic E-state index is 0.151. The van der Waals surface area contributed by atoms with Crippen molar-refractivity contribution in [2.24, 2.45) is 0 Å². The fourth-order valence-electron chi connectivity index (χ4n) is 1.75. The Kier molecular flexibility index (Phi) is 4.94. The maximum absolute atomic E-state index is 13.4. The molecule has 1 N–H and O–H groups in total. The van der Waals surface area contributed by atoms with E-state index >= 15 is 0 Å². The van der Waals surface area contributed by atoms with Crippen molar-refractivity contribution in [2.45, 2.75) is 13.0 Å². The number of carbonyl (C=O) groups is 1. The molecule has 1 amide bonds. The second kappa shape index (κ2) is 6.50. The number of carbonyl (C=O) groups excluding carboxylic acids is 1. The zero-order valence-electron chi connectivity index (χ0n) is 10.7. The van der Waals surface area contributed by atoms with Gasteiger partial charge in [0.1, 0.15) is 5.82 Å². The molecule has 0 radical (unpaired) electrons. The van der Waals surface area contributed by atoms with Crippen LogP contribution >= 0.6 is 31.9 Å². The van der Waals surface area contributed by atoms with Crippen LogP contribution in [0, 0.1) is 5.82 Å². The minimum Gasteiger partial charge on any atom is -0.346 e. The largest absolute Gasteiger partial charge is 0.346 e. The molecule has 0 aliphatic heterocycles. The van der Waals surface area contributed by atoms with E-state index in [-0.39, 0.29) is 11.9 Å². The van der Waals surface area contributed by atoms with Gasteiger partial charge < -0.3 is 5.32 Å². The van der Waals surface area contributed by atoms with E-state index in [2.05, 4.69) is 37.2 Å². The second-order valence-corrected chi connectivity index (χ2v) is 6.15. The smallest absolute Gasteiger partial charge is 0.251 e. The van der Waals surface area contributed by atoms with E-state index in [4.69, 9.17) is 0 Å². The van der Waals surface area contributed by atoms with Crippen molar-refractivity contribution in [1.82, 2.24) is 5.32 Å². The topological polar surface area (TPSA) is 29.1 Å². The summed E-state index contributed by atoms with van der Waals surface area (Å²) in [6, 6.07) is 11.9. The van der Waals surface area contributed by atoms with E-state index in [0.717, 1.165) is 10.0 Å². The molecule has 0 bridgehead atoms. The number of halogens is 3. The number of amides is 1. The molecule has 0 aliphatic rings. The van der Waals surface area contributed by atoms with E-state index in [1.54, 1.807) is 6.07 Å². The summed E-state index contributed by atoms with van der Waals surface area (Å²) in [6.07, 6.45) is 0. The van der Waals surface area contributed by atoms with Gasteiger partial charge in [-0.05, 0) is 58.7 Å². The first-order chi connectivity index (χ1) is 9.47. The molecule has 104 valence electrons. The second-order valence-electron chi connectivity index (χ2n) is 4.38. The first-order valence-corrected chi connectivity index (χ1v) is 7.57. The zero-order valence-corrected chi connectivity index (χ0v) is 13.8. The molecule has 0 aliphatic carbocycles. The molecule has 2 nitrogen and oxygen atoms in total. The summed E-state index contributed by atoms with van der Waals surface area (Å²) >= 11 is 6.43. The average Bonchev–Trinajstić information content (AvgIpc) is 2.42. The van der Waals surface area contributed by atoms with E-state index in [0.29, 0.717) is 10.0 Å². The normalized spacial score (nSPS) is 12.0. The van der Waals surface area contributed by atoms with Crippen LogP contribution in [-0.2, 0) is 0 Å². The number of benzene rings is 2. The number of hydrogen-bond acceptors (Lipinski definition) is 1. The molecule has 0 fully saturated rings. The molecule has 20 heavy (non-hydrogen) atoms. The Labute approximate surface area is 133 Å². The van der Waals surface area contributed by atoms with Gasteiger partial charge in [-0.2, -0.15) is 0 Å². The molecule has 2 aromatic rings. The van der Waals surface area contributed by atoms with Crippen LogP contribution in [-0.4, -0.2) is 5.91 Å². The van der Waals surface area contributed by atoms with Gasteiger partial charge in [0, 0.05) is 10.0 Å². The first-order valence-electron chi connectivity index (χ1n) is 5.99. The Hall–Kier alpha value is -1.20. The summed E-state index contributed by atoms with van der Waals surface area (Å²) < 4.78 is 14.7. The molecular weight excluding hydrogens is 389 g/mol. The SMILES string of the molecule is CC(NC(=O)c1ccc(Br)c(F)c1)c1ccc(Br)cc1. The van der Waals surface area contributed by atoms with Crippen LogP contribution in [0.1, 0.15) is 28.9 Å². The van der Waals surface area contributed by atoms with Crippen molar-refractivity contribution in [3.63, 3.8) is 0 Å². The summed E-state index contributed by atoms with van der Waals surface area (Å²) in [5.41, 5.74) is 1.29. The average molecular weight is 401 g/mol. The van der Waals surface area contributed by atoms with Crippen molar-refractivity contribution in [1.29, 1.82) is 0 Å². The fourth-order valence-corrected chi connectivity index (χ4v) is 2.26. The third kappa shape index (κ3) is 3.67. The van der Waals surface area contributed by atoms with Gasteiger partial charge in [0.05, 0.1) is 10.5 Å². The van der Waals surface area contributed by atoms with Gasteiger partial charge in [-0.3, -0.25) is 4.79 Å². The fraction of sp³-hybridized carbons (Fsp3) is 0.133. The Morgan fingerprint density at radius 1 is 1.15 bits per heavy atom. The zero-order chi connectivity index (χ0) is 14.7. The lowest BCUT2D eigenvalue weighted by atomic mass is 10.1. The molecule has 0 heterocycles. The van der Waals surface area contributed by atoms with Crippen LogP contribution in [0.15, 0.2) is 51.4 Å².